The number of anilines is 1. The normalized spacial score (nSPS) is 9.50. The molecule has 0 amide bonds. The van der Waals surface area contributed by atoms with Gasteiger partial charge in [-0.15, -0.1) is 0 Å². The van der Waals surface area contributed by atoms with Crippen molar-refractivity contribution in [2.75, 3.05) is 25.1 Å². The SMILES string of the molecule is CCN(CC)c1cc(C(=O)OC)ccc1N=[N+]=[N-]. The number of nitrogens with zero attached hydrogens (tertiary/aromatic N) is 4. The van der Waals surface area contributed by atoms with Crippen molar-refractivity contribution in [3.63, 3.8) is 0 Å². The number of hydrogen-bond donors (Lipinski definition) is 0. The number of benzene rings is 1. The Kier molecular flexibility index (Phi) is 5.02. The molecule has 0 saturated heterocycles. The van der Waals surface area contributed by atoms with E-state index in [0.29, 0.717) is 11.3 Å². The quantitative estimate of drug-likeness (QED) is 0.347. The predicted octanol–water partition coefficient (Wildman–Crippen LogP) is 3.26. The molecule has 1 aromatic rings. The maximum Gasteiger partial charge on any atom is 0.337 e. The topological polar surface area (TPSA) is 78.3 Å². The average Bonchev–Trinajstić information content (AvgIpc) is 2.41. The minimum absolute atomic E-state index is 0.407. The van der Waals surface area contributed by atoms with Crippen molar-refractivity contribution < 1.29 is 9.53 Å². The third-order valence-electron chi connectivity index (χ3n) is 2.65. The lowest BCUT2D eigenvalue weighted by Gasteiger charge is -2.23. The molecule has 18 heavy (non-hydrogen) atoms. The molecule has 0 aliphatic carbocycles. The summed E-state index contributed by atoms with van der Waals surface area (Å²) in [6.45, 7) is 5.51. The smallest absolute Gasteiger partial charge is 0.337 e. The molecular formula is C12H16N4O2. The molecular weight excluding hydrogens is 232 g/mol. The van der Waals surface area contributed by atoms with E-state index in [0.717, 1.165) is 18.8 Å². The first-order chi connectivity index (χ1) is 8.67. The monoisotopic (exact) mass is 248 g/mol. The van der Waals surface area contributed by atoms with Crippen LogP contribution in [0.5, 0.6) is 0 Å². The fourth-order valence-electron chi connectivity index (χ4n) is 1.72. The number of hydrogen-bond acceptors (Lipinski definition) is 4. The van der Waals surface area contributed by atoms with E-state index >= 15 is 0 Å². The minimum Gasteiger partial charge on any atom is -0.465 e. The summed E-state index contributed by atoms with van der Waals surface area (Å²) in [5.74, 6) is -0.407. The molecule has 96 valence electrons. The lowest BCUT2D eigenvalue weighted by atomic mass is 10.1. The number of ether oxygens (including phenoxy) is 1. The highest BCUT2D eigenvalue weighted by Gasteiger charge is 2.12. The van der Waals surface area contributed by atoms with Crippen LogP contribution in [-0.2, 0) is 4.74 Å². The molecule has 0 aromatic heterocycles. The van der Waals surface area contributed by atoms with Crippen LogP contribution in [0.2, 0.25) is 0 Å². The number of rotatable bonds is 5. The number of carbonyl (C=O) groups excluding carboxylic acids is 1. The van der Waals surface area contributed by atoms with Crippen molar-refractivity contribution in [2.45, 2.75) is 13.8 Å². The highest BCUT2D eigenvalue weighted by molar-refractivity contribution is 5.92. The summed E-state index contributed by atoms with van der Waals surface area (Å²) in [7, 11) is 1.33. The second-order valence-corrected chi connectivity index (χ2v) is 3.56. The molecule has 0 heterocycles. The van der Waals surface area contributed by atoms with Crippen molar-refractivity contribution in [1.29, 1.82) is 0 Å². The van der Waals surface area contributed by atoms with Gasteiger partial charge in [-0.3, -0.25) is 0 Å². The van der Waals surface area contributed by atoms with E-state index in [2.05, 4.69) is 14.8 Å². The Bertz CT molecular complexity index is 477. The first-order valence-electron chi connectivity index (χ1n) is 5.70. The van der Waals surface area contributed by atoms with E-state index < -0.39 is 5.97 Å². The van der Waals surface area contributed by atoms with E-state index in [1.54, 1.807) is 18.2 Å². The fraction of sp³-hybridized carbons (Fsp3) is 0.417. The van der Waals surface area contributed by atoms with Gasteiger partial charge in [-0.1, -0.05) is 5.11 Å². The molecule has 1 rings (SSSR count). The number of methoxy groups -OCH3 is 1. The summed E-state index contributed by atoms with van der Waals surface area (Å²) in [5, 5.41) is 3.64. The van der Waals surface area contributed by atoms with Crippen molar-refractivity contribution in [2.24, 2.45) is 5.11 Å². The van der Waals surface area contributed by atoms with Gasteiger partial charge in [0.1, 0.15) is 0 Å². The van der Waals surface area contributed by atoms with Crippen molar-refractivity contribution in [1.82, 2.24) is 0 Å². The highest BCUT2D eigenvalue weighted by atomic mass is 16.5. The molecule has 0 atom stereocenters. The second-order valence-electron chi connectivity index (χ2n) is 3.56. The molecule has 0 unspecified atom stereocenters. The van der Waals surface area contributed by atoms with E-state index in [4.69, 9.17) is 5.53 Å². The van der Waals surface area contributed by atoms with E-state index in [1.165, 1.54) is 7.11 Å². The molecule has 0 aliphatic heterocycles. The fourth-order valence-corrected chi connectivity index (χ4v) is 1.72. The molecule has 0 saturated carbocycles. The van der Waals surface area contributed by atoms with Crippen LogP contribution in [0, 0.1) is 0 Å². The second kappa shape index (κ2) is 6.51. The average molecular weight is 248 g/mol. The van der Waals surface area contributed by atoms with Crippen molar-refractivity contribution in [3.8, 4) is 0 Å². The Labute approximate surface area is 106 Å². The summed E-state index contributed by atoms with van der Waals surface area (Å²) >= 11 is 0. The van der Waals surface area contributed by atoms with E-state index in [-0.39, 0.29) is 0 Å². The zero-order valence-corrected chi connectivity index (χ0v) is 10.8. The lowest BCUT2D eigenvalue weighted by molar-refractivity contribution is 0.0601. The van der Waals surface area contributed by atoms with Crippen LogP contribution in [-0.4, -0.2) is 26.2 Å². The number of carbonyl (C=O) groups is 1. The molecule has 6 nitrogen and oxygen atoms in total. The van der Waals surface area contributed by atoms with Gasteiger partial charge in [-0.25, -0.2) is 4.79 Å². The summed E-state index contributed by atoms with van der Waals surface area (Å²) in [4.78, 5) is 16.3. The van der Waals surface area contributed by atoms with Crippen LogP contribution >= 0.6 is 0 Å². The van der Waals surface area contributed by atoms with Crippen LogP contribution in [0.4, 0.5) is 11.4 Å². The van der Waals surface area contributed by atoms with Crippen LogP contribution in [0.3, 0.4) is 0 Å². The van der Waals surface area contributed by atoms with Gasteiger partial charge in [-0.05, 0) is 37.6 Å². The third-order valence-corrected chi connectivity index (χ3v) is 2.65. The summed E-state index contributed by atoms with van der Waals surface area (Å²) in [6, 6.07) is 4.89. The Morgan fingerprint density at radius 3 is 2.61 bits per heavy atom. The summed E-state index contributed by atoms with van der Waals surface area (Å²) in [5.41, 5.74) is 10.2. The van der Waals surface area contributed by atoms with Gasteiger partial charge in [-0.2, -0.15) is 0 Å². The molecule has 6 heteroatoms. The molecule has 0 radical (unpaired) electrons. The largest absolute Gasteiger partial charge is 0.465 e. The van der Waals surface area contributed by atoms with Gasteiger partial charge < -0.3 is 9.64 Å². The lowest BCUT2D eigenvalue weighted by Crippen LogP contribution is -2.22. The van der Waals surface area contributed by atoms with Gasteiger partial charge in [0, 0.05) is 23.7 Å². The standard InChI is InChI=1S/C12H16N4O2/c1-4-16(5-2)11-8-9(12(17)18-3)6-7-10(11)14-15-13/h6-8H,4-5H2,1-3H3. The van der Waals surface area contributed by atoms with Crippen molar-refractivity contribution >= 4 is 17.3 Å². The molecule has 1 aromatic carbocycles. The van der Waals surface area contributed by atoms with Crippen LogP contribution in [0.15, 0.2) is 23.3 Å². The zero-order valence-electron chi connectivity index (χ0n) is 10.8. The maximum atomic E-state index is 11.5. The van der Waals surface area contributed by atoms with Crippen molar-refractivity contribution in [3.05, 3.63) is 34.2 Å². The van der Waals surface area contributed by atoms with E-state index in [1.807, 2.05) is 18.7 Å². The Morgan fingerprint density at radius 1 is 1.44 bits per heavy atom. The molecule has 0 N–H and O–H groups in total. The minimum atomic E-state index is -0.407. The predicted molar refractivity (Wildman–Crippen MR) is 70.1 cm³/mol. The molecule has 0 bridgehead atoms. The maximum absolute atomic E-state index is 11.5. The van der Waals surface area contributed by atoms with Gasteiger partial charge >= 0.3 is 5.97 Å². The Balaban J connectivity index is 3.31. The van der Waals surface area contributed by atoms with E-state index in [9.17, 15) is 4.79 Å². The number of azide groups is 1. The molecule has 0 spiro atoms. The molecule has 0 fully saturated rings. The van der Waals surface area contributed by atoms with Gasteiger partial charge in [0.05, 0.1) is 18.4 Å². The first kappa shape index (κ1) is 13.9. The first-order valence-corrected chi connectivity index (χ1v) is 5.70. The van der Waals surface area contributed by atoms with Gasteiger partial charge in [0.25, 0.3) is 0 Å². The Hall–Kier alpha value is -2.20. The summed E-state index contributed by atoms with van der Waals surface area (Å²) < 4.78 is 4.68. The number of esters is 1. The Morgan fingerprint density at radius 2 is 2.11 bits per heavy atom. The van der Waals surface area contributed by atoms with Crippen LogP contribution in [0.1, 0.15) is 24.2 Å². The zero-order chi connectivity index (χ0) is 13.5. The molecule has 0 aliphatic rings. The van der Waals surface area contributed by atoms with Gasteiger partial charge in [0.15, 0.2) is 0 Å². The third kappa shape index (κ3) is 2.93. The highest BCUT2D eigenvalue weighted by Crippen LogP contribution is 2.30. The summed E-state index contributed by atoms with van der Waals surface area (Å²) in [6.07, 6.45) is 0. The van der Waals surface area contributed by atoms with Gasteiger partial charge in [0.2, 0.25) is 0 Å². The van der Waals surface area contributed by atoms with Crippen LogP contribution in [0.25, 0.3) is 10.4 Å². The van der Waals surface area contributed by atoms with Crippen LogP contribution < -0.4 is 4.90 Å².